The number of nitrogens with one attached hydrogen (secondary N) is 1. The number of ether oxygens (including phenoxy) is 1. The molecule has 3 N–H and O–H groups in total. The first-order valence-electron chi connectivity index (χ1n) is 6.38. The van der Waals surface area contributed by atoms with Crippen LogP contribution >= 0.6 is 11.3 Å². The Bertz CT molecular complexity index is 581. The standard InChI is InChI=1S/C15H18N2O2S/c1-10(12-6-4-3-5-7-12)19-9-13-8-14(15(18)17-16)20-11(13)2/h3-8,10H,9,16H2,1-2H3,(H,17,18). The highest BCUT2D eigenvalue weighted by molar-refractivity contribution is 7.14. The molecule has 106 valence electrons. The molecule has 0 bridgehead atoms. The molecule has 0 saturated carbocycles. The number of carbonyl (C=O) groups excluding carboxylic acids is 1. The Morgan fingerprint density at radius 1 is 1.40 bits per heavy atom. The van der Waals surface area contributed by atoms with E-state index in [1.807, 2.05) is 50.2 Å². The van der Waals surface area contributed by atoms with Gasteiger partial charge in [0.2, 0.25) is 0 Å². The Balaban J connectivity index is 2.01. The summed E-state index contributed by atoms with van der Waals surface area (Å²) in [7, 11) is 0. The predicted octanol–water partition coefficient (Wildman–Crippen LogP) is 2.94. The topological polar surface area (TPSA) is 64.4 Å². The van der Waals surface area contributed by atoms with Crippen LogP contribution in [0.5, 0.6) is 0 Å². The molecule has 0 aliphatic rings. The third-order valence-corrected chi connectivity index (χ3v) is 4.22. The third-order valence-electron chi connectivity index (χ3n) is 3.13. The van der Waals surface area contributed by atoms with E-state index in [1.165, 1.54) is 11.3 Å². The first kappa shape index (κ1) is 14.7. The lowest BCUT2D eigenvalue weighted by Crippen LogP contribution is -2.29. The molecule has 1 aromatic heterocycles. The van der Waals surface area contributed by atoms with Gasteiger partial charge in [0.25, 0.3) is 5.91 Å². The summed E-state index contributed by atoms with van der Waals surface area (Å²) in [6.07, 6.45) is 0.0160. The van der Waals surface area contributed by atoms with Crippen LogP contribution in [0, 0.1) is 6.92 Å². The largest absolute Gasteiger partial charge is 0.369 e. The molecular formula is C15H18N2O2S. The van der Waals surface area contributed by atoms with Crippen LogP contribution in [0.25, 0.3) is 0 Å². The molecule has 1 amide bonds. The SMILES string of the molecule is Cc1sc(C(=O)NN)cc1COC(C)c1ccccc1. The lowest BCUT2D eigenvalue weighted by Gasteiger charge is -2.13. The van der Waals surface area contributed by atoms with Crippen molar-refractivity contribution in [3.63, 3.8) is 0 Å². The van der Waals surface area contributed by atoms with E-state index in [4.69, 9.17) is 10.6 Å². The van der Waals surface area contributed by atoms with Crippen LogP contribution in [-0.4, -0.2) is 5.91 Å². The van der Waals surface area contributed by atoms with Crippen LogP contribution in [0.2, 0.25) is 0 Å². The number of hydrogen-bond acceptors (Lipinski definition) is 4. The minimum atomic E-state index is -0.263. The number of thiophene rings is 1. The molecule has 4 nitrogen and oxygen atoms in total. The van der Waals surface area contributed by atoms with Crippen molar-refractivity contribution in [1.82, 2.24) is 5.43 Å². The second kappa shape index (κ2) is 6.65. The molecule has 0 radical (unpaired) electrons. The van der Waals surface area contributed by atoms with E-state index in [1.54, 1.807) is 0 Å². The molecule has 1 aromatic carbocycles. The van der Waals surface area contributed by atoms with Crippen molar-refractivity contribution in [2.24, 2.45) is 5.84 Å². The van der Waals surface area contributed by atoms with Crippen molar-refractivity contribution in [3.8, 4) is 0 Å². The average Bonchev–Trinajstić information content (AvgIpc) is 2.86. The molecule has 1 atom stereocenters. The molecular weight excluding hydrogens is 272 g/mol. The number of hydrogen-bond donors (Lipinski definition) is 2. The van der Waals surface area contributed by atoms with Crippen molar-refractivity contribution in [1.29, 1.82) is 0 Å². The van der Waals surface area contributed by atoms with Gasteiger partial charge in [-0.15, -0.1) is 11.3 Å². The number of hydrazine groups is 1. The molecule has 2 aromatic rings. The van der Waals surface area contributed by atoms with E-state index in [2.05, 4.69) is 5.43 Å². The zero-order chi connectivity index (χ0) is 14.5. The van der Waals surface area contributed by atoms with Crippen molar-refractivity contribution < 1.29 is 9.53 Å². The van der Waals surface area contributed by atoms with E-state index in [0.717, 1.165) is 16.0 Å². The summed E-state index contributed by atoms with van der Waals surface area (Å²) >= 11 is 1.42. The van der Waals surface area contributed by atoms with Crippen LogP contribution in [0.4, 0.5) is 0 Å². The summed E-state index contributed by atoms with van der Waals surface area (Å²) in [6, 6.07) is 11.9. The van der Waals surface area contributed by atoms with Gasteiger partial charge in [0, 0.05) is 4.88 Å². The van der Waals surface area contributed by atoms with Crippen molar-refractivity contribution >= 4 is 17.2 Å². The van der Waals surface area contributed by atoms with Crippen LogP contribution in [-0.2, 0) is 11.3 Å². The molecule has 0 spiro atoms. The minimum Gasteiger partial charge on any atom is -0.369 e. The van der Waals surface area contributed by atoms with Crippen LogP contribution in [0.3, 0.4) is 0 Å². The maximum absolute atomic E-state index is 11.5. The fourth-order valence-electron chi connectivity index (χ4n) is 1.88. The summed E-state index contributed by atoms with van der Waals surface area (Å²) in [4.78, 5) is 13.2. The molecule has 0 aliphatic heterocycles. The van der Waals surface area contributed by atoms with Gasteiger partial charge in [-0.1, -0.05) is 30.3 Å². The van der Waals surface area contributed by atoms with Crippen molar-refractivity contribution in [3.05, 3.63) is 57.3 Å². The maximum atomic E-state index is 11.5. The van der Waals surface area contributed by atoms with E-state index in [-0.39, 0.29) is 12.0 Å². The van der Waals surface area contributed by atoms with E-state index >= 15 is 0 Å². The number of carbonyl (C=O) groups is 1. The Hall–Kier alpha value is -1.69. The molecule has 1 unspecified atom stereocenters. The Labute approximate surface area is 122 Å². The number of aryl methyl sites for hydroxylation is 1. The third kappa shape index (κ3) is 3.45. The summed E-state index contributed by atoms with van der Waals surface area (Å²) in [5, 5.41) is 0. The minimum absolute atomic E-state index is 0.0160. The summed E-state index contributed by atoms with van der Waals surface area (Å²) < 4.78 is 5.87. The van der Waals surface area contributed by atoms with E-state index in [0.29, 0.717) is 11.5 Å². The molecule has 5 heteroatoms. The Morgan fingerprint density at radius 3 is 2.75 bits per heavy atom. The number of amides is 1. The number of benzene rings is 1. The fraction of sp³-hybridized carbons (Fsp3) is 0.267. The van der Waals surface area contributed by atoms with E-state index in [9.17, 15) is 4.79 Å². The van der Waals surface area contributed by atoms with Crippen LogP contribution < -0.4 is 11.3 Å². The molecule has 1 heterocycles. The van der Waals surface area contributed by atoms with Gasteiger partial charge in [0.05, 0.1) is 17.6 Å². The average molecular weight is 290 g/mol. The highest BCUT2D eigenvalue weighted by Gasteiger charge is 2.13. The molecule has 20 heavy (non-hydrogen) atoms. The summed E-state index contributed by atoms with van der Waals surface area (Å²) in [5.41, 5.74) is 4.31. The monoisotopic (exact) mass is 290 g/mol. The second-order valence-corrected chi connectivity index (χ2v) is 5.79. The number of rotatable bonds is 5. The fourth-order valence-corrected chi connectivity index (χ4v) is 2.81. The predicted molar refractivity (Wildman–Crippen MR) is 80.4 cm³/mol. The van der Waals surface area contributed by atoms with Crippen molar-refractivity contribution in [2.45, 2.75) is 26.6 Å². The van der Waals surface area contributed by atoms with Gasteiger partial charge in [-0.05, 0) is 31.0 Å². The number of nitrogens with two attached hydrogens (primary N) is 1. The summed E-state index contributed by atoms with van der Waals surface area (Å²) in [5.74, 6) is 4.87. The molecule has 0 aliphatic carbocycles. The van der Waals surface area contributed by atoms with Gasteiger partial charge in [-0.25, -0.2) is 5.84 Å². The van der Waals surface area contributed by atoms with E-state index < -0.39 is 0 Å². The lowest BCUT2D eigenvalue weighted by molar-refractivity contribution is 0.0525. The van der Waals surface area contributed by atoms with Gasteiger partial charge < -0.3 is 4.74 Å². The molecule has 0 fully saturated rings. The highest BCUT2D eigenvalue weighted by Crippen LogP contribution is 2.25. The van der Waals surface area contributed by atoms with Gasteiger partial charge in [-0.2, -0.15) is 0 Å². The smallest absolute Gasteiger partial charge is 0.275 e. The van der Waals surface area contributed by atoms with Gasteiger partial charge in [0.15, 0.2) is 0 Å². The van der Waals surface area contributed by atoms with Gasteiger partial charge in [0.1, 0.15) is 0 Å². The van der Waals surface area contributed by atoms with Gasteiger partial charge >= 0.3 is 0 Å². The van der Waals surface area contributed by atoms with Gasteiger partial charge in [-0.3, -0.25) is 10.2 Å². The van der Waals surface area contributed by atoms with Crippen LogP contribution in [0.15, 0.2) is 36.4 Å². The Morgan fingerprint density at radius 2 is 2.10 bits per heavy atom. The maximum Gasteiger partial charge on any atom is 0.275 e. The zero-order valence-corrected chi connectivity index (χ0v) is 12.4. The molecule has 0 saturated heterocycles. The Kier molecular flexibility index (Phi) is 4.89. The highest BCUT2D eigenvalue weighted by atomic mass is 32.1. The summed E-state index contributed by atoms with van der Waals surface area (Å²) in [6.45, 7) is 4.48. The molecule has 2 rings (SSSR count). The second-order valence-electron chi connectivity index (χ2n) is 4.53. The zero-order valence-electron chi connectivity index (χ0n) is 11.6. The quantitative estimate of drug-likeness (QED) is 0.505. The van der Waals surface area contributed by atoms with Crippen molar-refractivity contribution in [2.75, 3.05) is 0 Å². The normalized spacial score (nSPS) is 12.2. The first-order valence-corrected chi connectivity index (χ1v) is 7.20. The van der Waals surface area contributed by atoms with Crippen LogP contribution in [0.1, 0.15) is 38.7 Å². The first-order chi connectivity index (χ1) is 9.61. The number of nitrogen functional groups attached to an aromatic ring is 1. The lowest BCUT2D eigenvalue weighted by atomic mass is 10.1.